The molecule has 0 aliphatic carbocycles. The van der Waals surface area contributed by atoms with Crippen molar-refractivity contribution in [3.8, 4) is 0 Å². The van der Waals surface area contributed by atoms with Crippen molar-refractivity contribution in [2.45, 2.75) is 6.42 Å². The van der Waals surface area contributed by atoms with E-state index in [1.165, 1.54) is 0 Å². The van der Waals surface area contributed by atoms with Crippen molar-refractivity contribution in [1.82, 2.24) is 4.90 Å². The van der Waals surface area contributed by atoms with Crippen LogP contribution in [0.5, 0.6) is 0 Å². The molecule has 0 radical (unpaired) electrons. The zero-order valence-electron chi connectivity index (χ0n) is 9.37. The quantitative estimate of drug-likeness (QED) is 0.725. The Hall–Kier alpha value is -1.71. The number of nitrogens with zero attached hydrogens (tertiary/aromatic N) is 1. The highest BCUT2D eigenvalue weighted by molar-refractivity contribution is 5.79. The van der Waals surface area contributed by atoms with Gasteiger partial charge in [0, 0.05) is 21.1 Å². The van der Waals surface area contributed by atoms with Crippen LogP contribution in [0.25, 0.3) is 0 Å². The van der Waals surface area contributed by atoms with Crippen molar-refractivity contribution in [3.63, 3.8) is 0 Å². The molecule has 0 aromatic heterocycles. The molecule has 4 heteroatoms. The molecule has 0 spiro atoms. The monoisotopic (exact) mass is 207 g/mol. The summed E-state index contributed by atoms with van der Waals surface area (Å²) in [5.41, 5.74) is 8.29. The lowest BCUT2D eigenvalue weighted by Crippen LogP contribution is -2.23. The fourth-order valence-electron chi connectivity index (χ4n) is 1.28. The summed E-state index contributed by atoms with van der Waals surface area (Å²) >= 11 is 0. The third-order valence-corrected chi connectivity index (χ3v) is 2.24. The van der Waals surface area contributed by atoms with E-state index in [1.807, 2.05) is 25.2 Å². The number of likely N-dealkylation sites (N-methyl/N-ethyl adjacent to an activating group) is 1. The van der Waals surface area contributed by atoms with Crippen LogP contribution in [0.3, 0.4) is 0 Å². The summed E-state index contributed by atoms with van der Waals surface area (Å²) in [5, 5.41) is 2.98. The van der Waals surface area contributed by atoms with E-state index < -0.39 is 0 Å². The van der Waals surface area contributed by atoms with Crippen molar-refractivity contribution in [2.24, 2.45) is 0 Å². The summed E-state index contributed by atoms with van der Waals surface area (Å²) in [4.78, 5) is 13.0. The number of nitrogens with one attached hydrogen (secondary N) is 1. The minimum Gasteiger partial charge on any atom is -0.397 e. The van der Waals surface area contributed by atoms with Gasteiger partial charge in [0.05, 0.1) is 17.8 Å². The molecule has 4 nitrogen and oxygen atoms in total. The molecule has 0 saturated carbocycles. The molecule has 0 atom stereocenters. The first-order valence-electron chi connectivity index (χ1n) is 4.81. The third kappa shape index (κ3) is 2.87. The molecule has 1 aromatic carbocycles. The molecule has 1 amide bonds. The highest BCUT2D eigenvalue weighted by Crippen LogP contribution is 2.19. The van der Waals surface area contributed by atoms with Gasteiger partial charge in [0.15, 0.2) is 0 Å². The molecule has 3 N–H and O–H groups in total. The van der Waals surface area contributed by atoms with Gasteiger partial charge in [-0.2, -0.15) is 0 Å². The summed E-state index contributed by atoms with van der Waals surface area (Å²) in [7, 11) is 5.30. The van der Waals surface area contributed by atoms with Gasteiger partial charge in [0.1, 0.15) is 0 Å². The molecule has 82 valence electrons. The first kappa shape index (κ1) is 11.4. The fourth-order valence-corrected chi connectivity index (χ4v) is 1.28. The molecule has 1 aromatic rings. The standard InChI is InChI=1S/C11H17N3O/c1-13-10-5-4-8(6-9(10)12)7-11(15)14(2)3/h4-6,13H,7,12H2,1-3H3. The SMILES string of the molecule is CNc1ccc(CC(=O)N(C)C)cc1N. The number of rotatable bonds is 3. The molecule has 0 bridgehead atoms. The summed E-state index contributed by atoms with van der Waals surface area (Å²) in [6.07, 6.45) is 0.390. The molecule has 0 unspecified atom stereocenters. The Kier molecular flexibility index (Phi) is 3.55. The third-order valence-electron chi connectivity index (χ3n) is 2.24. The van der Waals surface area contributed by atoms with Crippen LogP contribution in [-0.4, -0.2) is 32.0 Å². The van der Waals surface area contributed by atoms with Crippen molar-refractivity contribution in [2.75, 3.05) is 32.2 Å². The van der Waals surface area contributed by atoms with Gasteiger partial charge in [-0.1, -0.05) is 6.07 Å². The van der Waals surface area contributed by atoms with Gasteiger partial charge >= 0.3 is 0 Å². The Balaban J connectivity index is 2.80. The van der Waals surface area contributed by atoms with E-state index in [1.54, 1.807) is 19.0 Å². The first-order chi connectivity index (χ1) is 7.04. The zero-order chi connectivity index (χ0) is 11.4. The van der Waals surface area contributed by atoms with Crippen LogP contribution in [0, 0.1) is 0 Å². The van der Waals surface area contributed by atoms with Gasteiger partial charge < -0.3 is 16.0 Å². The van der Waals surface area contributed by atoms with Crippen LogP contribution in [0.2, 0.25) is 0 Å². The normalized spacial score (nSPS) is 9.80. The first-order valence-corrected chi connectivity index (χ1v) is 4.81. The Morgan fingerprint density at radius 1 is 1.47 bits per heavy atom. The van der Waals surface area contributed by atoms with E-state index in [0.29, 0.717) is 12.1 Å². The minimum atomic E-state index is 0.0756. The Labute approximate surface area is 90.1 Å². The Bertz CT molecular complexity index is 361. The minimum absolute atomic E-state index is 0.0756. The number of nitrogen functional groups attached to an aromatic ring is 1. The highest BCUT2D eigenvalue weighted by atomic mass is 16.2. The molecule has 0 saturated heterocycles. The number of benzene rings is 1. The van der Waals surface area contributed by atoms with Crippen LogP contribution in [0.4, 0.5) is 11.4 Å². The Morgan fingerprint density at radius 3 is 2.60 bits per heavy atom. The predicted molar refractivity (Wildman–Crippen MR) is 62.8 cm³/mol. The summed E-state index contributed by atoms with van der Waals surface area (Å²) in [6, 6.07) is 5.62. The topological polar surface area (TPSA) is 58.4 Å². The number of hydrogen-bond acceptors (Lipinski definition) is 3. The van der Waals surface area contributed by atoms with Crippen LogP contribution >= 0.6 is 0 Å². The average Bonchev–Trinajstić information content (AvgIpc) is 2.18. The number of amides is 1. The van der Waals surface area contributed by atoms with Gasteiger partial charge in [-0.3, -0.25) is 4.79 Å². The van der Waals surface area contributed by atoms with Crippen LogP contribution in [-0.2, 0) is 11.2 Å². The van der Waals surface area contributed by atoms with E-state index in [-0.39, 0.29) is 5.91 Å². The molecule has 0 heterocycles. The maximum atomic E-state index is 11.4. The van der Waals surface area contributed by atoms with Crippen molar-refractivity contribution in [3.05, 3.63) is 23.8 Å². The lowest BCUT2D eigenvalue weighted by Gasteiger charge is -2.11. The number of anilines is 2. The van der Waals surface area contributed by atoms with E-state index in [2.05, 4.69) is 5.32 Å². The van der Waals surface area contributed by atoms with Gasteiger partial charge in [0.25, 0.3) is 0 Å². The van der Waals surface area contributed by atoms with Crippen LogP contribution < -0.4 is 11.1 Å². The van der Waals surface area contributed by atoms with Gasteiger partial charge in [-0.25, -0.2) is 0 Å². The molecule has 0 aliphatic rings. The molecule has 0 aliphatic heterocycles. The number of carbonyl (C=O) groups is 1. The molecular weight excluding hydrogens is 190 g/mol. The largest absolute Gasteiger partial charge is 0.397 e. The number of carbonyl (C=O) groups excluding carboxylic acids is 1. The van der Waals surface area contributed by atoms with Crippen LogP contribution in [0.15, 0.2) is 18.2 Å². The van der Waals surface area contributed by atoms with Gasteiger partial charge in [0.2, 0.25) is 5.91 Å². The lowest BCUT2D eigenvalue weighted by atomic mass is 10.1. The number of nitrogens with two attached hydrogens (primary N) is 1. The molecule has 15 heavy (non-hydrogen) atoms. The van der Waals surface area contributed by atoms with Gasteiger partial charge in [-0.05, 0) is 17.7 Å². The average molecular weight is 207 g/mol. The second kappa shape index (κ2) is 4.68. The predicted octanol–water partition coefficient (Wildman–Crippen LogP) is 0.941. The van der Waals surface area contributed by atoms with Crippen molar-refractivity contribution < 1.29 is 4.79 Å². The highest BCUT2D eigenvalue weighted by Gasteiger charge is 2.06. The van der Waals surface area contributed by atoms with Crippen LogP contribution in [0.1, 0.15) is 5.56 Å². The zero-order valence-corrected chi connectivity index (χ0v) is 9.37. The lowest BCUT2D eigenvalue weighted by molar-refractivity contribution is -0.127. The van der Waals surface area contributed by atoms with Crippen molar-refractivity contribution in [1.29, 1.82) is 0 Å². The van der Waals surface area contributed by atoms with E-state index in [9.17, 15) is 4.79 Å². The second-order valence-corrected chi connectivity index (χ2v) is 3.64. The fraction of sp³-hybridized carbons (Fsp3) is 0.364. The summed E-state index contributed by atoms with van der Waals surface area (Å²) in [6.45, 7) is 0. The van der Waals surface area contributed by atoms with Crippen molar-refractivity contribution >= 4 is 17.3 Å². The van der Waals surface area contributed by atoms with E-state index in [4.69, 9.17) is 5.73 Å². The Morgan fingerprint density at radius 2 is 2.13 bits per heavy atom. The molecular formula is C11H17N3O. The molecule has 0 fully saturated rings. The maximum Gasteiger partial charge on any atom is 0.226 e. The summed E-state index contributed by atoms with van der Waals surface area (Å²) in [5.74, 6) is 0.0756. The van der Waals surface area contributed by atoms with E-state index >= 15 is 0 Å². The van der Waals surface area contributed by atoms with Gasteiger partial charge in [-0.15, -0.1) is 0 Å². The van der Waals surface area contributed by atoms with E-state index in [0.717, 1.165) is 11.3 Å². The molecule has 1 rings (SSSR count). The maximum absolute atomic E-state index is 11.4. The second-order valence-electron chi connectivity index (χ2n) is 3.64. The summed E-state index contributed by atoms with van der Waals surface area (Å²) < 4.78 is 0. The smallest absolute Gasteiger partial charge is 0.226 e. The number of hydrogen-bond donors (Lipinski definition) is 2.